The summed E-state index contributed by atoms with van der Waals surface area (Å²) in [7, 11) is -2.31. The summed E-state index contributed by atoms with van der Waals surface area (Å²) >= 11 is 0. The molecule has 3 aromatic carbocycles. The van der Waals surface area contributed by atoms with Gasteiger partial charge in [0.15, 0.2) is 0 Å². The molecule has 1 heterocycles. The highest BCUT2D eigenvalue weighted by Crippen LogP contribution is 2.25. The zero-order chi connectivity index (χ0) is 25.7. The van der Waals surface area contributed by atoms with E-state index < -0.39 is 21.7 Å². The van der Waals surface area contributed by atoms with Crippen LogP contribution in [0, 0.1) is 5.82 Å². The number of anilines is 2. The number of rotatable bonds is 8. The van der Waals surface area contributed by atoms with Crippen LogP contribution in [0.15, 0.2) is 71.6 Å². The third-order valence-electron chi connectivity index (χ3n) is 5.92. The molecule has 10 heteroatoms. The molecule has 0 aromatic heterocycles. The average Bonchev–Trinajstić information content (AvgIpc) is 2.90. The van der Waals surface area contributed by atoms with Gasteiger partial charge in [0.1, 0.15) is 17.3 Å². The maximum Gasteiger partial charge on any atom is 0.258 e. The Morgan fingerprint density at radius 3 is 2.19 bits per heavy atom. The van der Waals surface area contributed by atoms with Crippen molar-refractivity contribution in [2.24, 2.45) is 0 Å². The molecule has 36 heavy (non-hydrogen) atoms. The highest BCUT2D eigenvalue weighted by Gasteiger charge is 2.30. The third kappa shape index (κ3) is 5.60. The Kier molecular flexibility index (Phi) is 7.76. The zero-order valence-electron chi connectivity index (χ0n) is 20.1. The lowest BCUT2D eigenvalue weighted by atomic mass is 10.2. The van der Waals surface area contributed by atoms with E-state index in [0.717, 1.165) is 23.6 Å². The highest BCUT2D eigenvalue weighted by atomic mass is 32.2. The van der Waals surface area contributed by atoms with Crippen LogP contribution in [0.4, 0.5) is 15.8 Å². The van der Waals surface area contributed by atoms with E-state index in [1.54, 1.807) is 31.4 Å². The van der Waals surface area contributed by atoms with Crippen molar-refractivity contribution in [3.05, 3.63) is 78.1 Å². The van der Waals surface area contributed by atoms with E-state index in [1.165, 1.54) is 10.4 Å². The predicted octanol–water partition coefficient (Wildman–Crippen LogP) is 4.00. The standard InChI is InChI=1S/C26H28FN3O5S/c1-3-35-22-8-4-19(5-9-22)28-26(31)24-18-23(12-13-25(24)27)36(32,33)30-16-14-29(15-17-30)20-6-10-21(34-2)11-7-20/h4-13,18H,3,14-17H2,1-2H3,(H,28,31). The number of nitrogens with zero attached hydrogens (tertiary/aromatic N) is 2. The molecule has 1 N–H and O–H groups in total. The highest BCUT2D eigenvalue weighted by molar-refractivity contribution is 7.89. The van der Waals surface area contributed by atoms with Gasteiger partial charge < -0.3 is 19.7 Å². The third-order valence-corrected chi connectivity index (χ3v) is 7.81. The van der Waals surface area contributed by atoms with Gasteiger partial charge in [-0.2, -0.15) is 4.31 Å². The SMILES string of the molecule is CCOc1ccc(NC(=O)c2cc(S(=O)(=O)N3CCN(c4ccc(OC)cc4)CC3)ccc2F)cc1. The maximum atomic E-state index is 14.5. The molecular formula is C26H28FN3O5S. The number of ether oxygens (including phenoxy) is 2. The Labute approximate surface area is 210 Å². The van der Waals surface area contributed by atoms with Gasteiger partial charge in [0, 0.05) is 37.6 Å². The smallest absolute Gasteiger partial charge is 0.258 e. The van der Waals surface area contributed by atoms with Crippen molar-refractivity contribution in [3.63, 3.8) is 0 Å². The Morgan fingerprint density at radius 1 is 0.944 bits per heavy atom. The lowest BCUT2D eigenvalue weighted by Gasteiger charge is -2.35. The van der Waals surface area contributed by atoms with Crippen molar-refractivity contribution in [1.82, 2.24) is 4.31 Å². The van der Waals surface area contributed by atoms with E-state index in [-0.39, 0.29) is 23.5 Å². The predicted molar refractivity (Wildman–Crippen MR) is 136 cm³/mol. The molecule has 0 aliphatic carbocycles. The summed E-state index contributed by atoms with van der Waals surface area (Å²) in [6.45, 7) is 3.89. The molecule has 0 radical (unpaired) electrons. The Morgan fingerprint density at radius 2 is 1.58 bits per heavy atom. The van der Waals surface area contributed by atoms with E-state index in [4.69, 9.17) is 9.47 Å². The Balaban J connectivity index is 1.45. The van der Waals surface area contributed by atoms with Gasteiger partial charge in [-0.25, -0.2) is 12.8 Å². The van der Waals surface area contributed by atoms with Crippen molar-refractivity contribution >= 4 is 27.3 Å². The first-order valence-electron chi connectivity index (χ1n) is 11.5. The van der Waals surface area contributed by atoms with Crippen molar-refractivity contribution < 1.29 is 27.1 Å². The summed E-state index contributed by atoms with van der Waals surface area (Å²) < 4.78 is 53.0. The van der Waals surface area contributed by atoms with Gasteiger partial charge in [-0.3, -0.25) is 4.79 Å². The van der Waals surface area contributed by atoms with E-state index in [9.17, 15) is 17.6 Å². The Hall–Kier alpha value is -3.63. The molecule has 3 aromatic rings. The average molecular weight is 514 g/mol. The number of nitrogens with one attached hydrogen (secondary N) is 1. The van der Waals surface area contributed by atoms with Crippen molar-refractivity contribution in [1.29, 1.82) is 0 Å². The number of piperazine rings is 1. The summed E-state index contributed by atoms with van der Waals surface area (Å²) in [5.74, 6) is -0.153. The molecular weight excluding hydrogens is 485 g/mol. The first-order valence-corrected chi connectivity index (χ1v) is 13.0. The topological polar surface area (TPSA) is 88.2 Å². The largest absolute Gasteiger partial charge is 0.497 e. The minimum absolute atomic E-state index is 0.126. The molecule has 1 fully saturated rings. The second kappa shape index (κ2) is 11.0. The van der Waals surface area contributed by atoms with Crippen LogP contribution in [0.25, 0.3) is 0 Å². The second-order valence-electron chi connectivity index (χ2n) is 8.14. The molecule has 1 aliphatic rings. The summed E-state index contributed by atoms with van der Waals surface area (Å²) in [5, 5.41) is 2.60. The van der Waals surface area contributed by atoms with Crippen LogP contribution in [0.2, 0.25) is 0 Å². The first-order chi connectivity index (χ1) is 17.3. The molecule has 190 valence electrons. The minimum atomic E-state index is -3.91. The van der Waals surface area contributed by atoms with Crippen LogP contribution < -0.4 is 19.7 Å². The summed E-state index contributed by atoms with van der Waals surface area (Å²) in [5.41, 5.74) is 1.07. The van der Waals surface area contributed by atoms with Crippen LogP contribution in [-0.4, -0.2) is 58.5 Å². The van der Waals surface area contributed by atoms with Crippen molar-refractivity contribution in [2.75, 3.05) is 50.1 Å². The summed E-state index contributed by atoms with van der Waals surface area (Å²) in [6, 6.07) is 17.5. The van der Waals surface area contributed by atoms with E-state index in [1.807, 2.05) is 31.2 Å². The monoisotopic (exact) mass is 513 g/mol. The van der Waals surface area contributed by atoms with Gasteiger partial charge in [0.25, 0.3) is 5.91 Å². The van der Waals surface area contributed by atoms with Crippen LogP contribution in [-0.2, 0) is 10.0 Å². The number of halogens is 1. The van der Waals surface area contributed by atoms with Crippen LogP contribution in [0.5, 0.6) is 11.5 Å². The number of amides is 1. The number of sulfonamides is 1. The Bertz CT molecular complexity index is 1310. The fourth-order valence-corrected chi connectivity index (χ4v) is 5.42. The van der Waals surface area contributed by atoms with Gasteiger partial charge in [0.05, 0.1) is 24.2 Å². The van der Waals surface area contributed by atoms with Crippen LogP contribution in [0.1, 0.15) is 17.3 Å². The zero-order valence-corrected chi connectivity index (χ0v) is 20.9. The maximum absolute atomic E-state index is 14.5. The lowest BCUT2D eigenvalue weighted by Crippen LogP contribution is -2.48. The van der Waals surface area contributed by atoms with Gasteiger partial charge >= 0.3 is 0 Å². The molecule has 0 bridgehead atoms. The van der Waals surface area contributed by atoms with E-state index in [0.29, 0.717) is 31.1 Å². The minimum Gasteiger partial charge on any atom is -0.497 e. The summed E-state index contributed by atoms with van der Waals surface area (Å²) in [4.78, 5) is 14.7. The van der Waals surface area contributed by atoms with Gasteiger partial charge in [0.2, 0.25) is 10.0 Å². The van der Waals surface area contributed by atoms with Gasteiger partial charge in [-0.05, 0) is 73.7 Å². The number of carbonyl (C=O) groups is 1. The molecule has 4 rings (SSSR count). The summed E-state index contributed by atoms with van der Waals surface area (Å²) in [6.07, 6.45) is 0. The molecule has 8 nitrogen and oxygen atoms in total. The van der Waals surface area contributed by atoms with Crippen molar-refractivity contribution in [2.45, 2.75) is 11.8 Å². The van der Waals surface area contributed by atoms with Gasteiger partial charge in [-0.15, -0.1) is 0 Å². The van der Waals surface area contributed by atoms with Gasteiger partial charge in [-0.1, -0.05) is 0 Å². The fraction of sp³-hybridized carbons (Fsp3) is 0.269. The van der Waals surface area contributed by atoms with Crippen LogP contribution in [0.3, 0.4) is 0 Å². The number of hydrogen-bond donors (Lipinski definition) is 1. The number of benzene rings is 3. The molecule has 1 amide bonds. The molecule has 0 saturated carbocycles. The van der Waals surface area contributed by atoms with Crippen LogP contribution >= 0.6 is 0 Å². The number of hydrogen-bond acceptors (Lipinski definition) is 6. The van der Waals surface area contributed by atoms with E-state index >= 15 is 0 Å². The lowest BCUT2D eigenvalue weighted by molar-refractivity contribution is 0.102. The van der Waals surface area contributed by atoms with E-state index in [2.05, 4.69) is 10.2 Å². The quantitative estimate of drug-likeness (QED) is 0.490. The van der Waals surface area contributed by atoms with Crippen molar-refractivity contribution in [3.8, 4) is 11.5 Å². The molecule has 0 spiro atoms. The molecule has 1 saturated heterocycles. The number of carbonyl (C=O) groups excluding carboxylic acids is 1. The fourth-order valence-electron chi connectivity index (χ4n) is 3.97. The molecule has 0 unspecified atom stereocenters. The normalized spacial score (nSPS) is 14.4. The first kappa shape index (κ1) is 25.5. The number of methoxy groups -OCH3 is 1. The molecule has 0 atom stereocenters. The second-order valence-corrected chi connectivity index (χ2v) is 10.1. The molecule has 1 aliphatic heterocycles.